The van der Waals surface area contributed by atoms with Crippen LogP contribution < -0.4 is 5.32 Å². The van der Waals surface area contributed by atoms with E-state index in [1.807, 2.05) is 0 Å². The molecule has 4 nitrogen and oxygen atoms in total. The van der Waals surface area contributed by atoms with Crippen molar-refractivity contribution in [1.29, 1.82) is 0 Å². The average molecular weight is 350 g/mol. The van der Waals surface area contributed by atoms with E-state index in [4.69, 9.17) is 4.74 Å². The van der Waals surface area contributed by atoms with Crippen molar-refractivity contribution in [2.45, 2.75) is 70.1 Å². The minimum absolute atomic E-state index is 0.116. The van der Waals surface area contributed by atoms with Gasteiger partial charge in [-0.15, -0.1) is 0 Å². The van der Waals surface area contributed by atoms with E-state index in [1.54, 1.807) is 0 Å². The number of anilines is 1. The number of benzene rings is 1. The lowest BCUT2D eigenvalue weighted by molar-refractivity contribution is -0.0242. The Morgan fingerprint density at radius 1 is 1.24 bits per heavy atom. The van der Waals surface area contributed by atoms with Crippen molar-refractivity contribution in [3.63, 3.8) is 0 Å². The van der Waals surface area contributed by atoms with Crippen molar-refractivity contribution in [2.75, 3.05) is 25.0 Å². The van der Waals surface area contributed by atoms with Gasteiger partial charge in [0.1, 0.15) is 11.6 Å². The zero-order valence-electron chi connectivity index (χ0n) is 15.4. The second-order valence-electron chi connectivity index (χ2n) is 7.72. The van der Waals surface area contributed by atoms with Crippen molar-refractivity contribution in [3.05, 3.63) is 24.0 Å². The molecule has 1 aromatic carbocycles. The monoisotopic (exact) mass is 350 g/mol. The number of nitrogens with zero attached hydrogens (tertiary/aromatic N) is 1. The Hall–Kier alpha value is -1.33. The van der Waals surface area contributed by atoms with Gasteiger partial charge in [-0.2, -0.15) is 0 Å². The summed E-state index contributed by atoms with van der Waals surface area (Å²) in [5.41, 5.74) is 0.779. The van der Waals surface area contributed by atoms with Gasteiger partial charge in [-0.25, -0.2) is 4.39 Å². The highest BCUT2D eigenvalue weighted by Gasteiger charge is 2.38. The molecule has 1 aliphatic heterocycles. The van der Waals surface area contributed by atoms with E-state index in [9.17, 15) is 9.50 Å². The van der Waals surface area contributed by atoms with Gasteiger partial charge in [-0.3, -0.25) is 4.90 Å². The largest absolute Gasteiger partial charge is 0.506 e. The third kappa shape index (κ3) is 4.45. The number of phenols is 1. The van der Waals surface area contributed by atoms with Crippen LogP contribution in [0.15, 0.2) is 18.2 Å². The molecule has 2 fully saturated rings. The summed E-state index contributed by atoms with van der Waals surface area (Å²) >= 11 is 0. The first-order valence-electron chi connectivity index (χ1n) is 9.62. The van der Waals surface area contributed by atoms with Crippen LogP contribution in [-0.2, 0) is 4.74 Å². The Morgan fingerprint density at radius 3 is 2.56 bits per heavy atom. The van der Waals surface area contributed by atoms with Gasteiger partial charge in [-0.1, -0.05) is 0 Å². The van der Waals surface area contributed by atoms with Gasteiger partial charge >= 0.3 is 0 Å². The molecule has 2 aliphatic rings. The molecule has 1 aliphatic carbocycles. The summed E-state index contributed by atoms with van der Waals surface area (Å²) in [7, 11) is 0. The highest BCUT2D eigenvalue weighted by Crippen LogP contribution is 2.36. The Labute approximate surface area is 150 Å². The number of hydrogen-bond donors (Lipinski definition) is 2. The molecule has 0 radical (unpaired) electrons. The maximum atomic E-state index is 13.4. The fourth-order valence-corrected chi connectivity index (χ4v) is 4.34. The van der Waals surface area contributed by atoms with Gasteiger partial charge < -0.3 is 15.2 Å². The van der Waals surface area contributed by atoms with Crippen molar-refractivity contribution in [3.8, 4) is 5.75 Å². The normalized spacial score (nSPS) is 28.8. The number of phenolic OH excluding ortho intramolecular Hbond substituents is 1. The van der Waals surface area contributed by atoms with Gasteiger partial charge in [0.25, 0.3) is 0 Å². The zero-order valence-corrected chi connectivity index (χ0v) is 15.4. The first-order chi connectivity index (χ1) is 12.0. The number of ether oxygens (including phenoxy) is 1. The van der Waals surface area contributed by atoms with Crippen LogP contribution in [0.2, 0.25) is 0 Å². The molecule has 0 aromatic heterocycles. The highest BCUT2D eigenvalue weighted by molar-refractivity contribution is 5.56. The average Bonchev–Trinajstić information content (AvgIpc) is 2.61. The van der Waals surface area contributed by atoms with Gasteiger partial charge in [-0.05, 0) is 64.5 Å². The fourth-order valence-electron chi connectivity index (χ4n) is 4.34. The number of nitrogens with one attached hydrogen (secondary N) is 1. The molecular formula is C20H31FN2O2. The SMILES string of the molecule is CCOC1CCC(C)(N2CCC(Nc3cc(F)ccc3O)CC2)CC1. The molecule has 1 saturated carbocycles. The third-order valence-corrected chi connectivity index (χ3v) is 5.99. The summed E-state index contributed by atoms with van der Waals surface area (Å²) in [6.07, 6.45) is 7.16. The molecule has 0 bridgehead atoms. The van der Waals surface area contributed by atoms with Crippen molar-refractivity contribution in [2.24, 2.45) is 0 Å². The Balaban J connectivity index is 1.51. The van der Waals surface area contributed by atoms with E-state index in [2.05, 4.69) is 24.1 Å². The number of hydrogen-bond acceptors (Lipinski definition) is 4. The number of rotatable bonds is 5. The Kier molecular flexibility index (Phi) is 5.85. The molecular weight excluding hydrogens is 319 g/mol. The predicted molar refractivity (Wildman–Crippen MR) is 98.6 cm³/mol. The topological polar surface area (TPSA) is 44.7 Å². The standard InChI is InChI=1S/C20H31FN2O2/c1-3-25-17-6-10-20(2,11-7-17)23-12-8-16(9-13-23)22-18-14-15(21)4-5-19(18)24/h4-5,14,16-17,22,24H,3,6-13H2,1-2H3. The van der Waals surface area contributed by atoms with Gasteiger partial charge in [0.15, 0.2) is 0 Å². The molecule has 0 amide bonds. The predicted octanol–water partition coefficient (Wildman–Crippen LogP) is 4.15. The van der Waals surface area contributed by atoms with Crippen LogP contribution in [0.5, 0.6) is 5.75 Å². The summed E-state index contributed by atoms with van der Waals surface area (Å²) in [5, 5.41) is 13.2. The zero-order chi connectivity index (χ0) is 17.9. The van der Waals surface area contributed by atoms with E-state index >= 15 is 0 Å². The van der Waals surface area contributed by atoms with Crippen molar-refractivity contribution < 1.29 is 14.2 Å². The van der Waals surface area contributed by atoms with Crippen LogP contribution in [0.3, 0.4) is 0 Å². The summed E-state index contributed by atoms with van der Waals surface area (Å²) in [5.74, 6) is -0.207. The molecule has 2 N–H and O–H groups in total. The minimum atomic E-state index is -0.323. The van der Waals surface area contributed by atoms with E-state index in [0.29, 0.717) is 11.8 Å². The lowest BCUT2D eigenvalue weighted by Gasteiger charge is -2.48. The summed E-state index contributed by atoms with van der Waals surface area (Å²) < 4.78 is 19.2. The second kappa shape index (κ2) is 7.92. The number of halogens is 1. The molecule has 0 unspecified atom stereocenters. The van der Waals surface area contributed by atoms with E-state index in [1.165, 1.54) is 31.0 Å². The molecule has 3 rings (SSSR count). The molecule has 1 aromatic rings. The first-order valence-corrected chi connectivity index (χ1v) is 9.62. The highest BCUT2D eigenvalue weighted by atomic mass is 19.1. The Bertz CT molecular complexity index is 565. The van der Waals surface area contributed by atoms with E-state index < -0.39 is 0 Å². The fraction of sp³-hybridized carbons (Fsp3) is 0.700. The van der Waals surface area contributed by atoms with Gasteiger partial charge in [0, 0.05) is 37.3 Å². The summed E-state index contributed by atoms with van der Waals surface area (Å²) in [6, 6.07) is 4.35. The lowest BCUT2D eigenvalue weighted by atomic mass is 9.79. The lowest BCUT2D eigenvalue weighted by Crippen LogP contribution is -2.53. The number of piperidine rings is 1. The summed E-state index contributed by atoms with van der Waals surface area (Å²) in [6.45, 7) is 7.36. The Morgan fingerprint density at radius 2 is 1.92 bits per heavy atom. The van der Waals surface area contributed by atoms with Gasteiger partial charge in [0.05, 0.1) is 11.8 Å². The van der Waals surface area contributed by atoms with Crippen LogP contribution in [0.25, 0.3) is 0 Å². The smallest absolute Gasteiger partial charge is 0.138 e. The van der Waals surface area contributed by atoms with E-state index in [0.717, 1.165) is 45.4 Å². The van der Waals surface area contributed by atoms with Crippen LogP contribution in [0.1, 0.15) is 52.4 Å². The molecule has 140 valence electrons. The minimum Gasteiger partial charge on any atom is -0.506 e. The van der Waals surface area contributed by atoms with Crippen molar-refractivity contribution >= 4 is 5.69 Å². The molecule has 25 heavy (non-hydrogen) atoms. The second-order valence-corrected chi connectivity index (χ2v) is 7.72. The van der Waals surface area contributed by atoms with Crippen LogP contribution >= 0.6 is 0 Å². The van der Waals surface area contributed by atoms with Gasteiger partial charge in [0.2, 0.25) is 0 Å². The van der Waals surface area contributed by atoms with Crippen molar-refractivity contribution in [1.82, 2.24) is 4.90 Å². The molecule has 0 spiro atoms. The quantitative estimate of drug-likeness (QED) is 0.783. The van der Waals surface area contributed by atoms with Crippen LogP contribution in [0.4, 0.5) is 10.1 Å². The molecule has 1 heterocycles. The number of likely N-dealkylation sites (tertiary alicyclic amines) is 1. The molecule has 0 atom stereocenters. The maximum Gasteiger partial charge on any atom is 0.138 e. The maximum absolute atomic E-state index is 13.4. The van der Waals surface area contributed by atoms with E-state index in [-0.39, 0.29) is 23.1 Å². The summed E-state index contributed by atoms with van der Waals surface area (Å²) in [4.78, 5) is 2.62. The first kappa shape index (κ1) is 18.5. The molecule has 1 saturated heterocycles. The number of aromatic hydroxyl groups is 1. The van der Waals surface area contributed by atoms with Crippen LogP contribution in [-0.4, -0.2) is 47.4 Å². The third-order valence-electron chi connectivity index (χ3n) is 5.99. The molecule has 5 heteroatoms. The van der Waals surface area contributed by atoms with Crippen LogP contribution in [0, 0.1) is 5.82 Å².